The molecule has 2 heterocycles. The van der Waals surface area contributed by atoms with Gasteiger partial charge in [0.25, 0.3) is 0 Å². The van der Waals surface area contributed by atoms with Crippen LogP contribution in [0.3, 0.4) is 0 Å². The van der Waals surface area contributed by atoms with Crippen LogP contribution >= 0.6 is 0 Å². The van der Waals surface area contributed by atoms with Crippen molar-refractivity contribution in [3.8, 4) is 0 Å². The predicted molar refractivity (Wildman–Crippen MR) is 107 cm³/mol. The number of aliphatic hydroxyl groups is 1. The maximum absolute atomic E-state index is 12.7. The van der Waals surface area contributed by atoms with Crippen LogP contribution in [0.4, 0.5) is 0 Å². The SMILES string of the molecule is CCOC(=O)C1CCCN(C(=O)CN2CCC(C(O)c3ccccc3)CC2)C1. The molecule has 1 amide bonds. The average molecular weight is 389 g/mol. The van der Waals surface area contributed by atoms with Gasteiger partial charge in [0.05, 0.1) is 25.2 Å². The van der Waals surface area contributed by atoms with Crippen LogP contribution in [0.2, 0.25) is 0 Å². The van der Waals surface area contributed by atoms with Crippen molar-refractivity contribution >= 4 is 11.9 Å². The first-order valence-electron chi connectivity index (χ1n) is 10.5. The molecule has 154 valence electrons. The Labute approximate surface area is 167 Å². The van der Waals surface area contributed by atoms with Crippen LogP contribution in [-0.2, 0) is 14.3 Å². The van der Waals surface area contributed by atoms with Crippen molar-refractivity contribution in [2.24, 2.45) is 11.8 Å². The molecular formula is C22H32N2O4. The summed E-state index contributed by atoms with van der Waals surface area (Å²) >= 11 is 0. The highest BCUT2D eigenvalue weighted by Crippen LogP contribution is 2.30. The zero-order valence-electron chi connectivity index (χ0n) is 16.8. The summed E-state index contributed by atoms with van der Waals surface area (Å²) in [4.78, 5) is 28.7. The van der Waals surface area contributed by atoms with Crippen LogP contribution in [0.15, 0.2) is 30.3 Å². The monoisotopic (exact) mass is 388 g/mol. The summed E-state index contributed by atoms with van der Waals surface area (Å²) in [5, 5.41) is 10.6. The average Bonchev–Trinajstić information content (AvgIpc) is 2.74. The van der Waals surface area contributed by atoms with E-state index in [2.05, 4.69) is 4.90 Å². The molecule has 1 N–H and O–H groups in total. The van der Waals surface area contributed by atoms with Gasteiger partial charge in [-0.25, -0.2) is 0 Å². The molecule has 2 aliphatic rings. The van der Waals surface area contributed by atoms with Crippen molar-refractivity contribution in [1.29, 1.82) is 0 Å². The number of benzene rings is 1. The number of esters is 1. The number of carbonyl (C=O) groups excluding carboxylic acids is 2. The lowest BCUT2D eigenvalue weighted by Gasteiger charge is -2.36. The molecule has 28 heavy (non-hydrogen) atoms. The van der Waals surface area contributed by atoms with E-state index in [-0.39, 0.29) is 23.7 Å². The van der Waals surface area contributed by atoms with Gasteiger partial charge in [-0.1, -0.05) is 30.3 Å². The molecule has 3 rings (SSSR count). The Bertz CT molecular complexity index is 643. The second kappa shape index (κ2) is 10.0. The molecule has 0 spiro atoms. The summed E-state index contributed by atoms with van der Waals surface area (Å²) in [5.74, 6) is -0.0480. The van der Waals surface area contributed by atoms with Crippen LogP contribution in [0.25, 0.3) is 0 Å². The van der Waals surface area contributed by atoms with Gasteiger partial charge in [-0.2, -0.15) is 0 Å². The van der Waals surface area contributed by atoms with E-state index in [4.69, 9.17) is 4.74 Å². The number of rotatable bonds is 6. The third-order valence-electron chi connectivity index (χ3n) is 5.97. The Kier molecular flexibility index (Phi) is 7.45. The van der Waals surface area contributed by atoms with Gasteiger partial charge in [0.15, 0.2) is 0 Å². The minimum atomic E-state index is -0.438. The molecule has 1 aromatic rings. The zero-order valence-corrected chi connectivity index (χ0v) is 16.8. The van der Waals surface area contributed by atoms with Crippen molar-refractivity contribution < 1.29 is 19.4 Å². The first-order chi connectivity index (χ1) is 13.6. The number of amides is 1. The van der Waals surface area contributed by atoms with Gasteiger partial charge in [0.1, 0.15) is 0 Å². The molecule has 0 aromatic heterocycles. The predicted octanol–water partition coefficient (Wildman–Crippen LogP) is 2.23. The van der Waals surface area contributed by atoms with Gasteiger partial charge in [-0.15, -0.1) is 0 Å². The molecule has 0 aliphatic carbocycles. The van der Waals surface area contributed by atoms with Crippen molar-refractivity contribution in [2.45, 2.75) is 38.7 Å². The number of hydrogen-bond acceptors (Lipinski definition) is 5. The van der Waals surface area contributed by atoms with Gasteiger partial charge in [0.2, 0.25) is 5.91 Å². The standard InChI is InChI=1S/C22H32N2O4/c1-2-28-22(27)19-9-6-12-24(15-19)20(25)16-23-13-10-18(11-14-23)21(26)17-7-4-3-5-8-17/h3-5,7-8,18-19,21,26H,2,6,9-16H2,1H3. The highest BCUT2D eigenvalue weighted by molar-refractivity contribution is 5.80. The second-order valence-corrected chi connectivity index (χ2v) is 7.90. The number of hydrogen-bond donors (Lipinski definition) is 1. The highest BCUT2D eigenvalue weighted by Gasteiger charge is 2.31. The molecule has 1 aromatic carbocycles. The second-order valence-electron chi connectivity index (χ2n) is 7.90. The first-order valence-corrected chi connectivity index (χ1v) is 10.5. The van der Waals surface area contributed by atoms with E-state index in [1.165, 1.54) is 0 Å². The van der Waals surface area contributed by atoms with Crippen LogP contribution in [0.1, 0.15) is 44.3 Å². The fourth-order valence-corrected chi connectivity index (χ4v) is 4.30. The van der Waals surface area contributed by atoms with Crippen LogP contribution in [0, 0.1) is 11.8 Å². The topological polar surface area (TPSA) is 70.1 Å². The molecule has 6 nitrogen and oxygen atoms in total. The summed E-state index contributed by atoms with van der Waals surface area (Å²) in [7, 11) is 0. The molecule has 2 saturated heterocycles. The smallest absolute Gasteiger partial charge is 0.310 e. The van der Waals surface area contributed by atoms with Crippen LogP contribution in [0.5, 0.6) is 0 Å². The molecule has 2 fully saturated rings. The normalized spacial score (nSPS) is 22.6. The number of piperidine rings is 2. The number of carbonyl (C=O) groups is 2. The molecule has 0 bridgehead atoms. The minimum Gasteiger partial charge on any atom is -0.466 e. The Hall–Kier alpha value is -1.92. The molecule has 2 atom stereocenters. The van der Waals surface area contributed by atoms with Crippen molar-refractivity contribution in [3.05, 3.63) is 35.9 Å². The van der Waals surface area contributed by atoms with Gasteiger partial charge in [0, 0.05) is 13.1 Å². The van der Waals surface area contributed by atoms with Crippen LogP contribution in [-0.4, -0.2) is 66.1 Å². The van der Waals surface area contributed by atoms with E-state index in [1.807, 2.05) is 42.2 Å². The van der Waals surface area contributed by atoms with E-state index < -0.39 is 6.10 Å². The van der Waals surface area contributed by atoms with Gasteiger partial charge in [-0.05, 0) is 57.2 Å². The fourth-order valence-electron chi connectivity index (χ4n) is 4.30. The first kappa shape index (κ1) is 20.8. The van der Waals surface area contributed by atoms with Crippen molar-refractivity contribution in [1.82, 2.24) is 9.80 Å². The van der Waals surface area contributed by atoms with Gasteiger partial charge in [-0.3, -0.25) is 14.5 Å². The summed E-state index contributed by atoms with van der Waals surface area (Å²) in [6.07, 6.45) is 2.97. The van der Waals surface area contributed by atoms with E-state index in [0.29, 0.717) is 19.7 Å². The molecule has 2 unspecified atom stereocenters. The van der Waals surface area contributed by atoms with Gasteiger partial charge < -0.3 is 14.7 Å². The maximum Gasteiger partial charge on any atom is 0.310 e. The van der Waals surface area contributed by atoms with Crippen molar-refractivity contribution in [2.75, 3.05) is 39.3 Å². The van der Waals surface area contributed by atoms with E-state index >= 15 is 0 Å². The summed E-state index contributed by atoms with van der Waals surface area (Å²) in [6.45, 7) is 5.41. The molecule has 6 heteroatoms. The summed E-state index contributed by atoms with van der Waals surface area (Å²) < 4.78 is 5.12. The lowest BCUT2D eigenvalue weighted by atomic mass is 9.87. The van der Waals surface area contributed by atoms with Crippen molar-refractivity contribution in [3.63, 3.8) is 0 Å². The Morgan fingerprint density at radius 3 is 2.54 bits per heavy atom. The van der Waals surface area contributed by atoms with E-state index in [9.17, 15) is 14.7 Å². The summed E-state index contributed by atoms with van der Waals surface area (Å²) in [5.41, 5.74) is 0.968. The Morgan fingerprint density at radius 1 is 1.14 bits per heavy atom. The highest BCUT2D eigenvalue weighted by atomic mass is 16.5. The molecule has 0 saturated carbocycles. The van der Waals surface area contributed by atoms with Gasteiger partial charge >= 0.3 is 5.97 Å². The number of nitrogens with zero attached hydrogens (tertiary/aromatic N) is 2. The van der Waals surface area contributed by atoms with E-state index in [1.54, 1.807) is 0 Å². The lowest BCUT2D eigenvalue weighted by Crippen LogP contribution is -2.48. The zero-order chi connectivity index (χ0) is 19.9. The maximum atomic E-state index is 12.7. The largest absolute Gasteiger partial charge is 0.466 e. The minimum absolute atomic E-state index is 0.0936. The molecular weight excluding hydrogens is 356 g/mol. The van der Waals surface area contributed by atoms with E-state index in [0.717, 1.165) is 50.9 Å². The number of likely N-dealkylation sites (tertiary alicyclic amines) is 2. The number of aliphatic hydroxyl groups excluding tert-OH is 1. The molecule has 2 aliphatic heterocycles. The van der Waals surface area contributed by atoms with Crippen LogP contribution < -0.4 is 0 Å². The lowest BCUT2D eigenvalue weighted by molar-refractivity contribution is -0.151. The summed E-state index contributed by atoms with van der Waals surface area (Å²) in [6, 6.07) is 9.80. The number of ether oxygens (including phenoxy) is 1. The third kappa shape index (κ3) is 5.32. The fraction of sp³-hybridized carbons (Fsp3) is 0.636. The molecule has 0 radical (unpaired) electrons. The Morgan fingerprint density at radius 2 is 1.86 bits per heavy atom. The Balaban J connectivity index is 1.45. The third-order valence-corrected chi connectivity index (χ3v) is 5.97. The quantitative estimate of drug-likeness (QED) is 0.757.